The van der Waals surface area contributed by atoms with E-state index in [4.69, 9.17) is 4.74 Å². The van der Waals surface area contributed by atoms with Crippen LogP contribution in [0.5, 0.6) is 0 Å². The first kappa shape index (κ1) is 15.1. The molecule has 0 bridgehead atoms. The van der Waals surface area contributed by atoms with Gasteiger partial charge in [0.25, 0.3) is 5.91 Å². The number of carbonyl (C=O) groups is 1. The van der Waals surface area contributed by atoms with E-state index in [9.17, 15) is 4.79 Å². The maximum atomic E-state index is 12.4. The molecule has 1 unspecified atom stereocenters. The molecule has 21 heavy (non-hydrogen) atoms. The Morgan fingerprint density at radius 1 is 1.29 bits per heavy atom. The second-order valence-electron chi connectivity index (χ2n) is 4.81. The highest BCUT2D eigenvalue weighted by Gasteiger charge is 2.22. The van der Waals surface area contributed by atoms with Crippen LogP contribution in [0.3, 0.4) is 0 Å². The molecule has 5 heteroatoms. The van der Waals surface area contributed by atoms with Crippen LogP contribution in [0.1, 0.15) is 16.1 Å². The first-order valence-corrected chi connectivity index (χ1v) is 6.78. The quantitative estimate of drug-likeness (QED) is 0.812. The van der Waals surface area contributed by atoms with Gasteiger partial charge in [-0.3, -0.25) is 9.78 Å². The highest BCUT2D eigenvalue weighted by Crippen LogP contribution is 2.11. The predicted octanol–water partition coefficient (Wildman–Crippen LogP) is 1.81. The summed E-state index contributed by atoms with van der Waals surface area (Å²) in [7, 11) is 3.41. The van der Waals surface area contributed by atoms with E-state index in [1.165, 1.54) is 18.0 Å². The van der Waals surface area contributed by atoms with Crippen molar-refractivity contribution >= 4 is 5.91 Å². The van der Waals surface area contributed by atoms with Gasteiger partial charge in [-0.05, 0) is 12.0 Å². The fourth-order valence-corrected chi connectivity index (χ4v) is 2.14. The minimum absolute atomic E-state index is 0.0492. The zero-order valence-electron chi connectivity index (χ0n) is 12.3. The van der Waals surface area contributed by atoms with Gasteiger partial charge in [0.15, 0.2) is 0 Å². The van der Waals surface area contributed by atoms with Gasteiger partial charge in [-0.25, -0.2) is 4.98 Å². The molecule has 1 aromatic heterocycles. The summed E-state index contributed by atoms with van der Waals surface area (Å²) < 4.78 is 5.25. The van der Waals surface area contributed by atoms with E-state index >= 15 is 0 Å². The largest absolute Gasteiger partial charge is 0.383 e. The molecule has 1 atom stereocenters. The fraction of sp³-hybridized carbons (Fsp3) is 0.312. The molecule has 0 spiro atoms. The molecule has 5 nitrogen and oxygen atoms in total. The molecule has 0 saturated heterocycles. The van der Waals surface area contributed by atoms with Crippen LogP contribution in [0.15, 0.2) is 48.9 Å². The number of rotatable bonds is 6. The lowest BCUT2D eigenvalue weighted by Gasteiger charge is -2.27. The van der Waals surface area contributed by atoms with Crippen LogP contribution in [-0.4, -0.2) is 47.6 Å². The van der Waals surface area contributed by atoms with Crippen molar-refractivity contribution < 1.29 is 9.53 Å². The van der Waals surface area contributed by atoms with Crippen molar-refractivity contribution in [3.8, 4) is 0 Å². The van der Waals surface area contributed by atoms with Gasteiger partial charge in [0.1, 0.15) is 5.69 Å². The number of benzene rings is 1. The topological polar surface area (TPSA) is 55.3 Å². The molecular formula is C16H19N3O2. The minimum Gasteiger partial charge on any atom is -0.383 e. The smallest absolute Gasteiger partial charge is 0.274 e. The van der Waals surface area contributed by atoms with E-state index in [0.717, 1.165) is 6.42 Å². The van der Waals surface area contributed by atoms with E-state index in [2.05, 4.69) is 9.97 Å². The molecule has 2 aromatic rings. The summed E-state index contributed by atoms with van der Waals surface area (Å²) in [5.41, 5.74) is 1.51. The fourth-order valence-electron chi connectivity index (χ4n) is 2.14. The molecular weight excluding hydrogens is 266 g/mol. The summed E-state index contributed by atoms with van der Waals surface area (Å²) >= 11 is 0. The minimum atomic E-state index is -0.152. The second-order valence-corrected chi connectivity index (χ2v) is 4.81. The van der Waals surface area contributed by atoms with Gasteiger partial charge in [-0.2, -0.15) is 0 Å². The monoisotopic (exact) mass is 285 g/mol. The van der Waals surface area contributed by atoms with Crippen molar-refractivity contribution in [2.75, 3.05) is 20.8 Å². The van der Waals surface area contributed by atoms with Crippen LogP contribution < -0.4 is 0 Å². The van der Waals surface area contributed by atoms with E-state index in [-0.39, 0.29) is 11.9 Å². The molecule has 0 radical (unpaired) electrons. The lowest BCUT2D eigenvalue weighted by Crippen LogP contribution is -2.41. The number of amides is 1. The summed E-state index contributed by atoms with van der Waals surface area (Å²) in [5, 5.41) is 0. The normalized spacial score (nSPS) is 11.9. The van der Waals surface area contributed by atoms with Gasteiger partial charge < -0.3 is 9.64 Å². The number of hydrogen-bond donors (Lipinski definition) is 0. The summed E-state index contributed by atoms with van der Waals surface area (Å²) in [6, 6.07) is 10.00. The summed E-state index contributed by atoms with van der Waals surface area (Å²) in [5.74, 6) is -0.152. The van der Waals surface area contributed by atoms with Gasteiger partial charge in [0.2, 0.25) is 0 Å². The Balaban J connectivity index is 2.12. The zero-order valence-corrected chi connectivity index (χ0v) is 12.3. The van der Waals surface area contributed by atoms with Crippen molar-refractivity contribution in [2.24, 2.45) is 0 Å². The lowest BCUT2D eigenvalue weighted by atomic mass is 10.1. The lowest BCUT2D eigenvalue weighted by molar-refractivity contribution is 0.0599. The van der Waals surface area contributed by atoms with Crippen LogP contribution in [0.4, 0.5) is 0 Å². The van der Waals surface area contributed by atoms with Crippen LogP contribution in [0, 0.1) is 0 Å². The molecule has 1 heterocycles. The SMILES string of the molecule is COCC(Cc1ccccc1)N(C)C(=O)c1cnccn1. The third-order valence-corrected chi connectivity index (χ3v) is 3.32. The Hall–Kier alpha value is -2.27. The van der Waals surface area contributed by atoms with Crippen LogP contribution in [-0.2, 0) is 11.2 Å². The maximum absolute atomic E-state index is 12.4. The Morgan fingerprint density at radius 3 is 2.67 bits per heavy atom. The number of nitrogens with zero attached hydrogens (tertiary/aromatic N) is 3. The molecule has 2 rings (SSSR count). The molecule has 0 N–H and O–H groups in total. The molecule has 0 aliphatic carbocycles. The number of likely N-dealkylation sites (N-methyl/N-ethyl adjacent to an activating group) is 1. The number of methoxy groups -OCH3 is 1. The summed E-state index contributed by atoms with van der Waals surface area (Å²) in [6.45, 7) is 0.470. The highest BCUT2D eigenvalue weighted by molar-refractivity contribution is 5.92. The van der Waals surface area contributed by atoms with Crippen LogP contribution >= 0.6 is 0 Å². The molecule has 1 aromatic carbocycles. The standard InChI is InChI=1S/C16H19N3O2/c1-19(16(20)15-11-17-8-9-18-15)14(12-21-2)10-13-6-4-3-5-7-13/h3-9,11,14H,10,12H2,1-2H3. The molecule has 0 aliphatic rings. The average molecular weight is 285 g/mol. The molecule has 0 saturated carbocycles. The van der Waals surface area contributed by atoms with Crippen molar-refractivity contribution in [3.05, 3.63) is 60.2 Å². The van der Waals surface area contributed by atoms with Crippen molar-refractivity contribution in [3.63, 3.8) is 0 Å². The van der Waals surface area contributed by atoms with Crippen LogP contribution in [0.2, 0.25) is 0 Å². The zero-order chi connectivity index (χ0) is 15.1. The second kappa shape index (κ2) is 7.50. The number of carbonyl (C=O) groups excluding carboxylic acids is 1. The number of hydrogen-bond acceptors (Lipinski definition) is 4. The van der Waals surface area contributed by atoms with Crippen LogP contribution in [0.25, 0.3) is 0 Å². The summed E-state index contributed by atoms with van der Waals surface area (Å²) in [4.78, 5) is 22.1. The van der Waals surface area contributed by atoms with Gasteiger partial charge in [-0.1, -0.05) is 30.3 Å². The van der Waals surface area contributed by atoms with Gasteiger partial charge >= 0.3 is 0 Å². The van der Waals surface area contributed by atoms with E-state index < -0.39 is 0 Å². The Morgan fingerprint density at radius 2 is 2.05 bits per heavy atom. The Bertz CT molecular complexity index is 560. The number of aromatic nitrogens is 2. The number of ether oxygens (including phenoxy) is 1. The van der Waals surface area contributed by atoms with Gasteiger partial charge in [0, 0.05) is 26.6 Å². The van der Waals surface area contributed by atoms with Crippen molar-refractivity contribution in [2.45, 2.75) is 12.5 Å². The first-order valence-electron chi connectivity index (χ1n) is 6.78. The summed E-state index contributed by atoms with van der Waals surface area (Å²) in [6.07, 6.45) is 5.28. The highest BCUT2D eigenvalue weighted by atomic mass is 16.5. The van der Waals surface area contributed by atoms with Crippen molar-refractivity contribution in [1.29, 1.82) is 0 Å². The average Bonchev–Trinajstić information content (AvgIpc) is 2.55. The van der Waals surface area contributed by atoms with Crippen molar-refractivity contribution in [1.82, 2.24) is 14.9 Å². The Labute approximate surface area is 124 Å². The Kier molecular flexibility index (Phi) is 5.40. The van der Waals surface area contributed by atoms with E-state index in [1.54, 1.807) is 25.3 Å². The molecule has 0 aliphatic heterocycles. The maximum Gasteiger partial charge on any atom is 0.274 e. The third kappa shape index (κ3) is 4.10. The third-order valence-electron chi connectivity index (χ3n) is 3.32. The molecule has 110 valence electrons. The first-order chi connectivity index (χ1) is 10.2. The van der Waals surface area contributed by atoms with E-state index in [0.29, 0.717) is 12.3 Å². The molecule has 1 amide bonds. The predicted molar refractivity (Wildman–Crippen MR) is 79.9 cm³/mol. The van der Waals surface area contributed by atoms with Gasteiger partial charge in [-0.15, -0.1) is 0 Å². The molecule has 0 fully saturated rings. The van der Waals surface area contributed by atoms with Gasteiger partial charge in [0.05, 0.1) is 18.8 Å². The van der Waals surface area contributed by atoms with E-state index in [1.807, 2.05) is 30.3 Å².